The van der Waals surface area contributed by atoms with Crippen molar-refractivity contribution in [1.82, 2.24) is 19.5 Å². The highest BCUT2D eigenvalue weighted by atomic mass is 32.2. The second kappa shape index (κ2) is 10.3. The number of anilines is 1. The molecular formula is C26H27N5O3S. The summed E-state index contributed by atoms with van der Waals surface area (Å²) in [5, 5.41) is 5.47. The minimum absolute atomic E-state index is 0.119. The van der Waals surface area contributed by atoms with Crippen LogP contribution in [0.1, 0.15) is 0 Å². The third-order valence-corrected chi connectivity index (χ3v) is 7.11. The molecule has 3 heterocycles. The fourth-order valence-electron chi connectivity index (χ4n) is 4.22. The molecule has 1 amide bonds. The number of carbonyl (C=O) groups excluding carboxylic acids is 1. The summed E-state index contributed by atoms with van der Waals surface area (Å²) in [6, 6.07) is 17.8. The second-order valence-electron chi connectivity index (χ2n) is 8.15. The molecule has 0 spiro atoms. The maximum atomic E-state index is 13.0. The minimum atomic E-state index is 0.119. The number of aromatic nitrogens is 3. The molecule has 9 heteroatoms. The van der Waals surface area contributed by atoms with Crippen LogP contribution < -0.4 is 14.4 Å². The van der Waals surface area contributed by atoms with Gasteiger partial charge in [-0.15, -0.1) is 0 Å². The molecule has 1 aliphatic rings. The van der Waals surface area contributed by atoms with Gasteiger partial charge in [0.05, 0.1) is 36.9 Å². The number of para-hydroxylation sites is 2. The molecule has 0 N–H and O–H groups in total. The zero-order valence-electron chi connectivity index (χ0n) is 19.8. The van der Waals surface area contributed by atoms with Crippen LogP contribution >= 0.6 is 11.8 Å². The van der Waals surface area contributed by atoms with Gasteiger partial charge in [0, 0.05) is 44.1 Å². The van der Waals surface area contributed by atoms with E-state index in [0.717, 1.165) is 52.1 Å². The summed E-state index contributed by atoms with van der Waals surface area (Å²) < 4.78 is 12.5. The van der Waals surface area contributed by atoms with Crippen molar-refractivity contribution in [2.45, 2.75) is 5.03 Å². The van der Waals surface area contributed by atoms with E-state index in [1.807, 2.05) is 64.1 Å². The molecular weight excluding hydrogens is 462 g/mol. The highest BCUT2D eigenvalue weighted by Gasteiger charge is 2.23. The number of benzene rings is 2. The van der Waals surface area contributed by atoms with Crippen molar-refractivity contribution < 1.29 is 14.3 Å². The predicted octanol–water partition coefficient (Wildman–Crippen LogP) is 3.85. The van der Waals surface area contributed by atoms with Gasteiger partial charge in [0.15, 0.2) is 0 Å². The molecule has 0 aliphatic carbocycles. The van der Waals surface area contributed by atoms with E-state index in [0.29, 0.717) is 18.8 Å². The number of hydrogen-bond donors (Lipinski definition) is 0. The van der Waals surface area contributed by atoms with Crippen LogP contribution in [0.4, 0.5) is 5.69 Å². The number of fused-ring (bicyclic) bond motifs is 1. The monoisotopic (exact) mass is 489 g/mol. The Hall–Kier alpha value is -3.72. The largest absolute Gasteiger partial charge is 0.497 e. The summed E-state index contributed by atoms with van der Waals surface area (Å²) >= 11 is 1.45. The Morgan fingerprint density at radius 2 is 1.77 bits per heavy atom. The first-order valence-electron chi connectivity index (χ1n) is 11.4. The van der Waals surface area contributed by atoms with E-state index in [1.54, 1.807) is 20.4 Å². The standard InChI is InChI=1S/C26H27N5O3S/c1-33-20-9-7-19(8-10-20)21-17-23-26(27-11-12-31(23)28-21)35-18-25(32)30-15-13-29(14-16-30)22-5-3-4-6-24(22)34-2/h3-12,17H,13-16,18H2,1-2H3. The smallest absolute Gasteiger partial charge is 0.233 e. The van der Waals surface area contributed by atoms with Crippen LogP contribution in [0.2, 0.25) is 0 Å². The lowest BCUT2D eigenvalue weighted by molar-refractivity contribution is -0.128. The van der Waals surface area contributed by atoms with Crippen molar-refractivity contribution in [2.75, 3.05) is 51.1 Å². The van der Waals surface area contributed by atoms with Crippen molar-refractivity contribution in [1.29, 1.82) is 0 Å². The maximum Gasteiger partial charge on any atom is 0.233 e. The van der Waals surface area contributed by atoms with Gasteiger partial charge in [-0.1, -0.05) is 23.9 Å². The molecule has 5 rings (SSSR count). The molecule has 2 aromatic carbocycles. The van der Waals surface area contributed by atoms with Crippen LogP contribution in [0, 0.1) is 0 Å². The van der Waals surface area contributed by atoms with Gasteiger partial charge in [-0.2, -0.15) is 5.10 Å². The van der Waals surface area contributed by atoms with E-state index in [-0.39, 0.29) is 5.91 Å². The number of carbonyl (C=O) groups is 1. The van der Waals surface area contributed by atoms with E-state index in [1.165, 1.54) is 11.8 Å². The zero-order chi connectivity index (χ0) is 24.2. The van der Waals surface area contributed by atoms with Gasteiger partial charge < -0.3 is 19.3 Å². The normalized spacial score (nSPS) is 13.8. The SMILES string of the molecule is COc1ccc(-c2cc3c(SCC(=O)N4CCN(c5ccccc5OC)CC4)nccn3n2)cc1. The number of methoxy groups -OCH3 is 2. The number of hydrogen-bond acceptors (Lipinski definition) is 7. The van der Waals surface area contributed by atoms with Gasteiger partial charge in [0.25, 0.3) is 0 Å². The van der Waals surface area contributed by atoms with Gasteiger partial charge in [0.2, 0.25) is 5.91 Å². The van der Waals surface area contributed by atoms with E-state index < -0.39 is 0 Å². The van der Waals surface area contributed by atoms with Crippen molar-refractivity contribution in [3.8, 4) is 22.8 Å². The second-order valence-corrected chi connectivity index (χ2v) is 9.11. The third-order valence-electron chi connectivity index (χ3n) is 6.13. The average Bonchev–Trinajstić information content (AvgIpc) is 3.37. The molecule has 0 atom stereocenters. The Labute approximate surface area is 208 Å². The lowest BCUT2D eigenvalue weighted by Gasteiger charge is -2.36. The molecule has 4 aromatic rings. The van der Waals surface area contributed by atoms with Gasteiger partial charge in [0.1, 0.15) is 16.5 Å². The molecule has 1 aliphatic heterocycles. The Bertz CT molecular complexity index is 1320. The minimum Gasteiger partial charge on any atom is -0.497 e. The maximum absolute atomic E-state index is 13.0. The molecule has 2 aromatic heterocycles. The summed E-state index contributed by atoms with van der Waals surface area (Å²) in [4.78, 5) is 21.7. The summed E-state index contributed by atoms with van der Waals surface area (Å²) in [5.41, 5.74) is 3.80. The van der Waals surface area contributed by atoms with E-state index in [2.05, 4.69) is 21.0 Å². The number of amides is 1. The lowest BCUT2D eigenvalue weighted by atomic mass is 10.1. The predicted molar refractivity (Wildman–Crippen MR) is 137 cm³/mol. The highest BCUT2D eigenvalue weighted by Crippen LogP contribution is 2.29. The van der Waals surface area contributed by atoms with Crippen LogP contribution in [0.25, 0.3) is 16.8 Å². The summed E-state index contributed by atoms with van der Waals surface area (Å²) in [6.07, 6.45) is 3.54. The molecule has 1 fully saturated rings. The van der Waals surface area contributed by atoms with Gasteiger partial charge in [-0.25, -0.2) is 9.50 Å². The quantitative estimate of drug-likeness (QED) is 0.365. The van der Waals surface area contributed by atoms with E-state index >= 15 is 0 Å². The molecule has 8 nitrogen and oxygen atoms in total. The summed E-state index contributed by atoms with van der Waals surface area (Å²) in [7, 11) is 3.33. The molecule has 35 heavy (non-hydrogen) atoms. The van der Waals surface area contributed by atoms with Crippen LogP contribution in [-0.2, 0) is 4.79 Å². The molecule has 0 saturated carbocycles. The Morgan fingerprint density at radius 1 is 1.00 bits per heavy atom. The topological polar surface area (TPSA) is 72.2 Å². The van der Waals surface area contributed by atoms with Crippen LogP contribution in [0.3, 0.4) is 0 Å². The molecule has 0 unspecified atom stereocenters. The van der Waals surface area contributed by atoms with Gasteiger partial charge in [-0.3, -0.25) is 4.79 Å². The average molecular weight is 490 g/mol. The fraction of sp³-hybridized carbons (Fsp3) is 0.269. The highest BCUT2D eigenvalue weighted by molar-refractivity contribution is 8.00. The molecule has 0 radical (unpaired) electrons. The van der Waals surface area contributed by atoms with E-state index in [9.17, 15) is 4.79 Å². The van der Waals surface area contributed by atoms with Gasteiger partial charge in [-0.05, 0) is 42.5 Å². The Morgan fingerprint density at radius 3 is 2.51 bits per heavy atom. The van der Waals surface area contributed by atoms with Crippen molar-refractivity contribution in [3.05, 3.63) is 67.0 Å². The number of thioether (sulfide) groups is 1. The van der Waals surface area contributed by atoms with Crippen molar-refractivity contribution in [2.24, 2.45) is 0 Å². The Balaban J connectivity index is 1.22. The number of rotatable bonds is 7. The third kappa shape index (κ3) is 4.90. The first kappa shape index (κ1) is 23.0. The number of piperazine rings is 1. The molecule has 0 bridgehead atoms. The summed E-state index contributed by atoms with van der Waals surface area (Å²) in [6.45, 7) is 2.92. The number of nitrogens with zero attached hydrogens (tertiary/aromatic N) is 5. The van der Waals surface area contributed by atoms with Crippen LogP contribution in [0.15, 0.2) is 72.0 Å². The molecule has 1 saturated heterocycles. The van der Waals surface area contributed by atoms with Crippen LogP contribution in [0.5, 0.6) is 11.5 Å². The Kier molecular flexibility index (Phi) is 6.76. The van der Waals surface area contributed by atoms with Gasteiger partial charge >= 0.3 is 0 Å². The zero-order valence-corrected chi connectivity index (χ0v) is 20.6. The van der Waals surface area contributed by atoms with Crippen LogP contribution in [-0.4, -0.2) is 71.6 Å². The molecule has 180 valence electrons. The first-order chi connectivity index (χ1) is 17.2. The van der Waals surface area contributed by atoms with Crippen molar-refractivity contribution >= 4 is 28.9 Å². The lowest BCUT2D eigenvalue weighted by Crippen LogP contribution is -2.49. The number of ether oxygens (including phenoxy) is 2. The van der Waals surface area contributed by atoms with Crippen molar-refractivity contribution in [3.63, 3.8) is 0 Å². The fourth-order valence-corrected chi connectivity index (χ4v) is 5.10. The first-order valence-corrected chi connectivity index (χ1v) is 12.4. The van der Waals surface area contributed by atoms with E-state index in [4.69, 9.17) is 9.47 Å². The summed E-state index contributed by atoms with van der Waals surface area (Å²) in [5.74, 6) is 2.12.